The van der Waals surface area contributed by atoms with Crippen molar-refractivity contribution in [2.45, 2.75) is 26.2 Å². The van der Waals surface area contributed by atoms with E-state index in [-0.39, 0.29) is 11.8 Å². The summed E-state index contributed by atoms with van der Waals surface area (Å²) in [6.07, 6.45) is 2.77. The number of thiazole rings is 1. The molecule has 1 unspecified atom stereocenters. The van der Waals surface area contributed by atoms with E-state index in [9.17, 15) is 4.79 Å². The highest BCUT2D eigenvalue weighted by Crippen LogP contribution is 2.27. The molecule has 0 radical (unpaired) electrons. The van der Waals surface area contributed by atoms with Gasteiger partial charge in [0.1, 0.15) is 11.6 Å². The quantitative estimate of drug-likeness (QED) is 0.862. The first-order chi connectivity index (χ1) is 11.0. The number of primary amides is 1. The average Bonchev–Trinajstić information content (AvgIpc) is 3.07. The fraction of sp³-hybridized carbons (Fsp3) is 0.467. The van der Waals surface area contributed by atoms with E-state index in [4.69, 9.17) is 5.73 Å². The average molecular weight is 332 g/mol. The van der Waals surface area contributed by atoms with E-state index in [1.165, 1.54) is 0 Å². The van der Waals surface area contributed by atoms with Gasteiger partial charge in [-0.2, -0.15) is 0 Å². The van der Waals surface area contributed by atoms with Crippen LogP contribution in [0.5, 0.6) is 0 Å². The molecule has 0 spiro atoms. The fourth-order valence-electron chi connectivity index (χ4n) is 2.77. The number of aryl methyl sites for hydroxylation is 2. The number of nitrogens with two attached hydrogens (primary N) is 1. The zero-order valence-corrected chi connectivity index (χ0v) is 14.1. The van der Waals surface area contributed by atoms with Gasteiger partial charge in [-0.1, -0.05) is 0 Å². The number of rotatable bonds is 5. The summed E-state index contributed by atoms with van der Waals surface area (Å²) in [6, 6.07) is 1.91. The van der Waals surface area contributed by atoms with Crippen molar-refractivity contribution in [1.82, 2.24) is 19.9 Å². The first kappa shape index (κ1) is 15.8. The largest absolute Gasteiger partial charge is 0.369 e. The molecular formula is C15H20N6OS. The van der Waals surface area contributed by atoms with Crippen molar-refractivity contribution in [3.05, 3.63) is 28.7 Å². The Morgan fingerprint density at radius 1 is 1.48 bits per heavy atom. The van der Waals surface area contributed by atoms with Gasteiger partial charge in [-0.3, -0.25) is 9.69 Å². The Morgan fingerprint density at radius 2 is 2.30 bits per heavy atom. The topological polar surface area (TPSA) is 97.0 Å². The number of hydrogen-bond donors (Lipinski definition) is 2. The molecule has 2 aromatic rings. The van der Waals surface area contributed by atoms with Crippen LogP contribution in [0, 0.1) is 13.8 Å². The minimum absolute atomic E-state index is 0.229. The molecule has 3 N–H and O–H groups in total. The van der Waals surface area contributed by atoms with Gasteiger partial charge in [-0.15, -0.1) is 11.3 Å². The predicted molar refractivity (Wildman–Crippen MR) is 89.9 cm³/mol. The summed E-state index contributed by atoms with van der Waals surface area (Å²) in [5, 5.41) is 4.07. The van der Waals surface area contributed by atoms with E-state index in [0.29, 0.717) is 6.54 Å². The maximum atomic E-state index is 11.0. The number of carbonyl (C=O) groups excluding carboxylic acids is 1. The summed E-state index contributed by atoms with van der Waals surface area (Å²) in [5.74, 6) is 1.51. The third-order valence-electron chi connectivity index (χ3n) is 3.74. The highest BCUT2D eigenvalue weighted by Gasteiger charge is 2.27. The van der Waals surface area contributed by atoms with E-state index in [1.807, 2.05) is 26.1 Å². The smallest absolute Gasteiger partial charge is 0.231 e. The molecule has 23 heavy (non-hydrogen) atoms. The zero-order chi connectivity index (χ0) is 16.4. The first-order valence-corrected chi connectivity index (χ1v) is 8.37. The molecule has 122 valence electrons. The van der Waals surface area contributed by atoms with Gasteiger partial charge in [-0.05, 0) is 26.8 Å². The van der Waals surface area contributed by atoms with E-state index in [0.717, 1.165) is 46.9 Å². The van der Waals surface area contributed by atoms with Crippen molar-refractivity contribution in [3.63, 3.8) is 0 Å². The number of hydrogen-bond acceptors (Lipinski definition) is 7. The lowest BCUT2D eigenvalue weighted by Gasteiger charge is -2.14. The van der Waals surface area contributed by atoms with Crippen LogP contribution >= 0.6 is 11.3 Å². The molecular weight excluding hydrogens is 312 g/mol. The van der Waals surface area contributed by atoms with Crippen LogP contribution in [0.25, 0.3) is 0 Å². The van der Waals surface area contributed by atoms with Gasteiger partial charge in [-0.25, -0.2) is 15.0 Å². The van der Waals surface area contributed by atoms with Crippen molar-refractivity contribution < 1.29 is 4.79 Å². The summed E-state index contributed by atoms with van der Waals surface area (Å²) in [7, 11) is 0. The maximum absolute atomic E-state index is 11.0. The van der Waals surface area contributed by atoms with Gasteiger partial charge in [0.2, 0.25) is 5.91 Å². The van der Waals surface area contributed by atoms with E-state index < -0.39 is 0 Å². The van der Waals surface area contributed by atoms with Gasteiger partial charge in [0.15, 0.2) is 5.13 Å². The Hall–Kier alpha value is -2.06. The summed E-state index contributed by atoms with van der Waals surface area (Å²) < 4.78 is 0. The molecule has 0 saturated carbocycles. The van der Waals surface area contributed by atoms with Crippen LogP contribution in [0.1, 0.15) is 28.7 Å². The Kier molecular flexibility index (Phi) is 4.53. The Balaban J connectivity index is 1.74. The second kappa shape index (κ2) is 6.59. The van der Waals surface area contributed by atoms with Gasteiger partial charge >= 0.3 is 0 Å². The molecule has 1 saturated heterocycles. The number of likely N-dealkylation sites (tertiary alicyclic amines) is 1. The third kappa shape index (κ3) is 4.02. The Morgan fingerprint density at radius 3 is 3.00 bits per heavy atom. The lowest BCUT2D eigenvalue weighted by molar-refractivity contribution is -0.118. The van der Waals surface area contributed by atoms with Gasteiger partial charge in [0.25, 0.3) is 0 Å². The molecule has 1 aliphatic rings. The maximum Gasteiger partial charge on any atom is 0.231 e. The standard InChI is InChI=1S/C15H20N6OS/c1-9-5-13(20-15-17-6-10(2)23-15)19-14(18-9)11-3-4-21(7-11)8-12(16)22/h5-6,11H,3-4,7-8H2,1-2H3,(H2,16,22)(H,17,18,19,20). The minimum atomic E-state index is -0.294. The fourth-order valence-corrected chi connectivity index (χ4v) is 3.44. The molecule has 8 heteroatoms. The SMILES string of the molecule is Cc1cc(Nc2ncc(C)s2)nc(C2CCN(CC(N)=O)C2)n1. The van der Waals surface area contributed by atoms with Crippen LogP contribution in [0.15, 0.2) is 12.3 Å². The van der Waals surface area contributed by atoms with Crippen LogP contribution in [0.4, 0.5) is 10.9 Å². The number of anilines is 2. The molecule has 3 heterocycles. The number of carbonyl (C=O) groups is 1. The zero-order valence-electron chi connectivity index (χ0n) is 13.2. The van der Waals surface area contributed by atoms with Gasteiger partial charge in [0.05, 0.1) is 6.54 Å². The van der Waals surface area contributed by atoms with Crippen LogP contribution in [0.3, 0.4) is 0 Å². The van der Waals surface area contributed by atoms with Crippen LogP contribution < -0.4 is 11.1 Å². The third-order valence-corrected chi connectivity index (χ3v) is 4.57. The number of nitrogens with zero attached hydrogens (tertiary/aromatic N) is 4. The summed E-state index contributed by atoms with van der Waals surface area (Å²) in [4.78, 5) is 27.7. The van der Waals surface area contributed by atoms with Crippen molar-refractivity contribution in [2.24, 2.45) is 5.73 Å². The molecule has 3 rings (SSSR count). The first-order valence-electron chi connectivity index (χ1n) is 7.55. The summed E-state index contributed by atoms with van der Waals surface area (Å²) >= 11 is 1.59. The molecule has 1 aliphatic heterocycles. The van der Waals surface area contributed by atoms with Crippen molar-refractivity contribution in [1.29, 1.82) is 0 Å². The van der Waals surface area contributed by atoms with E-state index in [2.05, 4.69) is 25.2 Å². The second-order valence-corrected chi connectivity index (χ2v) is 7.08. The van der Waals surface area contributed by atoms with Crippen LogP contribution in [0.2, 0.25) is 0 Å². The Bertz CT molecular complexity index is 716. The Labute approximate surface area is 139 Å². The molecule has 0 aromatic carbocycles. The normalized spacial score (nSPS) is 18.3. The number of aromatic nitrogens is 3. The predicted octanol–water partition coefficient (Wildman–Crippen LogP) is 1.57. The molecule has 2 aromatic heterocycles. The highest BCUT2D eigenvalue weighted by atomic mass is 32.1. The lowest BCUT2D eigenvalue weighted by atomic mass is 10.1. The molecule has 1 fully saturated rings. The monoisotopic (exact) mass is 332 g/mol. The van der Waals surface area contributed by atoms with Crippen molar-refractivity contribution >= 4 is 28.2 Å². The number of amides is 1. The van der Waals surface area contributed by atoms with Crippen molar-refractivity contribution in [3.8, 4) is 0 Å². The van der Waals surface area contributed by atoms with Crippen LogP contribution in [-0.2, 0) is 4.79 Å². The lowest BCUT2D eigenvalue weighted by Crippen LogP contribution is -2.32. The summed E-state index contributed by atoms with van der Waals surface area (Å²) in [6.45, 7) is 5.89. The number of nitrogens with one attached hydrogen (secondary N) is 1. The van der Waals surface area contributed by atoms with E-state index >= 15 is 0 Å². The molecule has 1 amide bonds. The van der Waals surface area contributed by atoms with Gasteiger partial charge in [0, 0.05) is 35.3 Å². The van der Waals surface area contributed by atoms with Crippen LogP contribution in [-0.4, -0.2) is 45.4 Å². The molecule has 7 nitrogen and oxygen atoms in total. The van der Waals surface area contributed by atoms with Crippen molar-refractivity contribution in [2.75, 3.05) is 25.0 Å². The van der Waals surface area contributed by atoms with Gasteiger partial charge < -0.3 is 11.1 Å². The molecule has 0 bridgehead atoms. The second-order valence-electron chi connectivity index (χ2n) is 5.84. The molecule has 0 aliphatic carbocycles. The minimum Gasteiger partial charge on any atom is -0.369 e. The van der Waals surface area contributed by atoms with E-state index in [1.54, 1.807) is 11.3 Å². The summed E-state index contributed by atoms with van der Waals surface area (Å²) in [5.41, 5.74) is 6.18. The highest BCUT2D eigenvalue weighted by molar-refractivity contribution is 7.15. The molecule has 1 atom stereocenters.